The summed E-state index contributed by atoms with van der Waals surface area (Å²) < 4.78 is 56.3. The van der Waals surface area contributed by atoms with E-state index in [1.165, 1.54) is 19.2 Å². The van der Waals surface area contributed by atoms with E-state index in [1.807, 2.05) is 0 Å². The minimum absolute atomic E-state index is 0.0967. The Morgan fingerprint density at radius 3 is 2.52 bits per heavy atom. The summed E-state index contributed by atoms with van der Waals surface area (Å²) >= 11 is 0. The number of hydrogen-bond donors (Lipinski definition) is 2. The molecule has 0 aliphatic rings. The Kier molecular flexibility index (Phi) is 3.83. The third-order valence-electron chi connectivity index (χ3n) is 2.44. The number of nitrogens with zero attached hydrogens (tertiary/aromatic N) is 2. The molecule has 0 unspecified atom stereocenters. The average molecular weight is 302 g/mol. The van der Waals surface area contributed by atoms with Crippen molar-refractivity contribution in [1.82, 2.24) is 9.97 Å². The molecule has 0 saturated carbocycles. The molecule has 112 valence electrons. The van der Waals surface area contributed by atoms with Crippen molar-refractivity contribution in [2.45, 2.75) is 6.18 Å². The van der Waals surface area contributed by atoms with Crippen LogP contribution < -0.4 is 15.8 Å². The lowest BCUT2D eigenvalue weighted by Crippen LogP contribution is -2.13. The number of anilines is 3. The van der Waals surface area contributed by atoms with E-state index >= 15 is 0 Å². The molecular weight excluding hydrogens is 292 g/mol. The molecule has 0 spiro atoms. The normalized spacial score (nSPS) is 11.3. The molecule has 0 saturated heterocycles. The molecule has 1 aromatic carbocycles. The van der Waals surface area contributed by atoms with E-state index in [2.05, 4.69) is 15.3 Å². The van der Waals surface area contributed by atoms with Crippen LogP contribution in [0.2, 0.25) is 0 Å². The van der Waals surface area contributed by atoms with Crippen molar-refractivity contribution in [3.63, 3.8) is 0 Å². The SMILES string of the molecule is COc1ccc(F)c(Nc2cc(N)nc(C(F)(F)F)n2)c1. The number of ether oxygens (including phenoxy) is 1. The van der Waals surface area contributed by atoms with Gasteiger partial charge in [0, 0.05) is 12.1 Å². The number of alkyl halides is 3. The molecule has 3 N–H and O–H groups in total. The molecule has 0 atom stereocenters. The van der Waals surface area contributed by atoms with Crippen LogP contribution in [0.15, 0.2) is 24.3 Å². The molecule has 1 aromatic heterocycles. The van der Waals surface area contributed by atoms with Crippen LogP contribution in [0.5, 0.6) is 5.75 Å². The van der Waals surface area contributed by atoms with Gasteiger partial charge in [-0.15, -0.1) is 0 Å². The highest BCUT2D eigenvalue weighted by molar-refractivity contribution is 5.61. The minimum Gasteiger partial charge on any atom is -0.497 e. The summed E-state index contributed by atoms with van der Waals surface area (Å²) in [4.78, 5) is 6.35. The van der Waals surface area contributed by atoms with Crippen LogP contribution in [0.25, 0.3) is 0 Å². The number of hydrogen-bond acceptors (Lipinski definition) is 5. The standard InChI is InChI=1S/C12H10F4N4O/c1-21-6-2-3-7(13)8(4-6)18-10-5-9(17)19-11(20-10)12(14,15)16/h2-5H,1H3,(H3,17,18,19,20). The summed E-state index contributed by atoms with van der Waals surface area (Å²) in [5.41, 5.74) is 5.20. The van der Waals surface area contributed by atoms with Gasteiger partial charge in [-0.05, 0) is 12.1 Å². The average Bonchev–Trinajstić information content (AvgIpc) is 2.39. The molecule has 0 aliphatic heterocycles. The van der Waals surface area contributed by atoms with E-state index < -0.39 is 17.8 Å². The third kappa shape index (κ3) is 3.50. The molecule has 0 amide bonds. The highest BCUT2D eigenvalue weighted by Gasteiger charge is 2.35. The molecule has 0 fully saturated rings. The Morgan fingerprint density at radius 2 is 1.90 bits per heavy atom. The van der Waals surface area contributed by atoms with Gasteiger partial charge in [-0.2, -0.15) is 13.2 Å². The number of aromatic nitrogens is 2. The minimum atomic E-state index is -4.75. The van der Waals surface area contributed by atoms with E-state index in [4.69, 9.17) is 10.5 Å². The first-order valence-corrected chi connectivity index (χ1v) is 5.62. The predicted molar refractivity (Wildman–Crippen MR) is 67.7 cm³/mol. The number of benzene rings is 1. The number of rotatable bonds is 3. The number of nitrogens with one attached hydrogen (secondary N) is 1. The summed E-state index contributed by atoms with van der Waals surface area (Å²) in [6, 6.07) is 4.82. The zero-order valence-electron chi connectivity index (χ0n) is 10.7. The van der Waals surface area contributed by atoms with Crippen LogP contribution in [0.4, 0.5) is 34.9 Å². The molecule has 0 bridgehead atoms. The predicted octanol–water partition coefficient (Wildman–Crippen LogP) is 2.97. The van der Waals surface area contributed by atoms with Crippen LogP contribution in [-0.4, -0.2) is 17.1 Å². The van der Waals surface area contributed by atoms with Gasteiger partial charge in [-0.25, -0.2) is 14.4 Å². The Morgan fingerprint density at radius 1 is 1.19 bits per heavy atom. The fourth-order valence-electron chi connectivity index (χ4n) is 1.52. The summed E-state index contributed by atoms with van der Waals surface area (Å²) in [5.74, 6) is -2.42. The Balaban J connectivity index is 2.38. The highest BCUT2D eigenvalue weighted by Crippen LogP contribution is 2.29. The van der Waals surface area contributed by atoms with Crippen LogP contribution in [0.3, 0.4) is 0 Å². The molecule has 2 rings (SSSR count). The van der Waals surface area contributed by atoms with Crippen molar-refractivity contribution in [3.8, 4) is 5.75 Å². The highest BCUT2D eigenvalue weighted by atomic mass is 19.4. The molecule has 9 heteroatoms. The zero-order chi connectivity index (χ0) is 15.6. The van der Waals surface area contributed by atoms with Crippen LogP contribution >= 0.6 is 0 Å². The Bertz CT molecular complexity index is 660. The maximum absolute atomic E-state index is 13.6. The molecule has 21 heavy (non-hydrogen) atoms. The van der Waals surface area contributed by atoms with Crippen molar-refractivity contribution in [1.29, 1.82) is 0 Å². The molecule has 5 nitrogen and oxygen atoms in total. The van der Waals surface area contributed by atoms with Gasteiger partial charge in [-0.3, -0.25) is 0 Å². The van der Waals surface area contributed by atoms with E-state index in [1.54, 1.807) is 0 Å². The van der Waals surface area contributed by atoms with Crippen LogP contribution in [0.1, 0.15) is 5.82 Å². The largest absolute Gasteiger partial charge is 0.497 e. The van der Waals surface area contributed by atoms with Gasteiger partial charge < -0.3 is 15.8 Å². The Hall–Kier alpha value is -2.58. The third-order valence-corrected chi connectivity index (χ3v) is 2.44. The second-order valence-electron chi connectivity index (χ2n) is 3.97. The first-order valence-electron chi connectivity index (χ1n) is 5.62. The van der Waals surface area contributed by atoms with Gasteiger partial charge >= 0.3 is 6.18 Å². The number of halogens is 4. The first-order chi connectivity index (χ1) is 9.79. The lowest BCUT2D eigenvalue weighted by atomic mass is 10.3. The van der Waals surface area contributed by atoms with E-state index in [9.17, 15) is 17.6 Å². The van der Waals surface area contributed by atoms with Crippen molar-refractivity contribution in [3.05, 3.63) is 35.9 Å². The molecule has 2 aromatic rings. The second kappa shape index (κ2) is 5.43. The number of nitrogen functional groups attached to an aromatic ring is 1. The fraction of sp³-hybridized carbons (Fsp3) is 0.167. The second-order valence-corrected chi connectivity index (χ2v) is 3.97. The number of methoxy groups -OCH3 is 1. The van der Waals surface area contributed by atoms with Crippen LogP contribution in [0, 0.1) is 5.82 Å². The van der Waals surface area contributed by atoms with Crippen molar-refractivity contribution in [2.75, 3.05) is 18.2 Å². The Labute approximate surface area is 116 Å². The maximum atomic E-state index is 13.6. The first kappa shape index (κ1) is 14.8. The smallest absolute Gasteiger partial charge is 0.451 e. The van der Waals surface area contributed by atoms with E-state index in [0.717, 1.165) is 12.1 Å². The van der Waals surface area contributed by atoms with Crippen molar-refractivity contribution < 1.29 is 22.3 Å². The summed E-state index contributed by atoms with van der Waals surface area (Å²) in [7, 11) is 1.38. The van der Waals surface area contributed by atoms with Gasteiger partial charge in [0.1, 0.15) is 23.2 Å². The summed E-state index contributed by atoms with van der Waals surface area (Å²) in [6.07, 6.45) is -4.75. The summed E-state index contributed by atoms with van der Waals surface area (Å²) in [5, 5.41) is 2.41. The zero-order valence-corrected chi connectivity index (χ0v) is 10.7. The number of nitrogens with two attached hydrogens (primary N) is 1. The van der Waals surface area contributed by atoms with Crippen molar-refractivity contribution in [2.24, 2.45) is 0 Å². The van der Waals surface area contributed by atoms with Gasteiger partial charge in [0.25, 0.3) is 0 Å². The lowest BCUT2D eigenvalue weighted by Gasteiger charge is -2.11. The molecule has 0 radical (unpaired) electrons. The molecule has 0 aliphatic carbocycles. The van der Waals surface area contributed by atoms with Gasteiger partial charge in [0.15, 0.2) is 0 Å². The molecule has 1 heterocycles. The van der Waals surface area contributed by atoms with Gasteiger partial charge in [0.05, 0.1) is 12.8 Å². The molecular formula is C12H10F4N4O. The fourth-order valence-corrected chi connectivity index (χ4v) is 1.52. The van der Waals surface area contributed by atoms with Gasteiger partial charge in [0.2, 0.25) is 5.82 Å². The van der Waals surface area contributed by atoms with Crippen molar-refractivity contribution >= 4 is 17.3 Å². The van der Waals surface area contributed by atoms with Gasteiger partial charge in [-0.1, -0.05) is 0 Å². The van der Waals surface area contributed by atoms with Crippen LogP contribution in [-0.2, 0) is 6.18 Å². The topological polar surface area (TPSA) is 73.1 Å². The summed E-state index contributed by atoms with van der Waals surface area (Å²) in [6.45, 7) is 0. The lowest BCUT2D eigenvalue weighted by molar-refractivity contribution is -0.144. The monoisotopic (exact) mass is 302 g/mol. The maximum Gasteiger partial charge on any atom is 0.451 e. The van der Waals surface area contributed by atoms with E-state index in [0.29, 0.717) is 5.75 Å². The van der Waals surface area contributed by atoms with E-state index in [-0.39, 0.29) is 17.3 Å². The quantitative estimate of drug-likeness (QED) is 0.853.